The first-order valence-electron chi connectivity index (χ1n) is 4.35. The van der Waals surface area contributed by atoms with Crippen LogP contribution in [0.25, 0.3) is 0 Å². The Morgan fingerprint density at radius 3 is 3.00 bits per heavy atom. The molecule has 0 aromatic rings. The van der Waals surface area contributed by atoms with Crippen molar-refractivity contribution in [2.75, 3.05) is 33.7 Å². The van der Waals surface area contributed by atoms with Crippen LogP contribution in [-0.2, 0) is 4.79 Å². The average Bonchev–Trinajstić information content (AvgIpc) is 2.56. The Labute approximate surface area is 73.3 Å². The minimum atomic E-state index is 0.0874. The highest BCUT2D eigenvalue weighted by Crippen LogP contribution is 2.04. The molecule has 1 heterocycles. The number of carbonyl (C=O) groups is 1. The van der Waals surface area contributed by atoms with Crippen LogP contribution in [0.4, 0.5) is 0 Å². The summed E-state index contributed by atoms with van der Waals surface area (Å²) in [4.78, 5) is 13.1. The van der Waals surface area contributed by atoms with Crippen LogP contribution in [0, 0.1) is 0 Å². The summed E-state index contributed by atoms with van der Waals surface area (Å²) in [5.74, 6) is 0.0874. The van der Waals surface area contributed by atoms with Gasteiger partial charge in [0.05, 0.1) is 6.54 Å². The van der Waals surface area contributed by atoms with E-state index in [0.29, 0.717) is 12.6 Å². The monoisotopic (exact) mass is 171 g/mol. The molecule has 4 nitrogen and oxygen atoms in total. The van der Waals surface area contributed by atoms with Crippen LogP contribution in [0.15, 0.2) is 0 Å². The molecule has 1 amide bonds. The summed E-state index contributed by atoms with van der Waals surface area (Å²) in [6.45, 7) is 2.58. The number of nitrogens with zero attached hydrogens (tertiary/aromatic N) is 1. The fourth-order valence-electron chi connectivity index (χ4n) is 1.45. The second-order valence-corrected chi connectivity index (χ2v) is 3.23. The Bertz CT molecular complexity index is 154. The van der Waals surface area contributed by atoms with Crippen molar-refractivity contribution in [3.63, 3.8) is 0 Å². The van der Waals surface area contributed by atoms with E-state index in [0.717, 1.165) is 19.5 Å². The van der Waals surface area contributed by atoms with Gasteiger partial charge in [-0.3, -0.25) is 9.69 Å². The third-order valence-electron chi connectivity index (χ3n) is 2.33. The van der Waals surface area contributed by atoms with Crippen LogP contribution >= 0.6 is 0 Å². The number of hydrogen-bond acceptors (Lipinski definition) is 3. The van der Waals surface area contributed by atoms with Crippen molar-refractivity contribution in [2.45, 2.75) is 12.5 Å². The fraction of sp³-hybridized carbons (Fsp3) is 0.875. The molecule has 1 rings (SSSR count). The first-order valence-corrected chi connectivity index (χ1v) is 4.35. The van der Waals surface area contributed by atoms with Crippen molar-refractivity contribution in [3.05, 3.63) is 0 Å². The maximum atomic E-state index is 11.0. The van der Waals surface area contributed by atoms with Crippen LogP contribution in [0.3, 0.4) is 0 Å². The Kier molecular flexibility index (Phi) is 3.49. The molecule has 12 heavy (non-hydrogen) atoms. The Morgan fingerprint density at radius 1 is 1.75 bits per heavy atom. The van der Waals surface area contributed by atoms with Gasteiger partial charge in [-0.25, -0.2) is 0 Å². The number of rotatable bonds is 3. The van der Waals surface area contributed by atoms with Crippen molar-refractivity contribution >= 4 is 5.91 Å². The normalized spacial score (nSPS) is 23.1. The molecular weight excluding hydrogens is 154 g/mol. The third kappa shape index (κ3) is 2.46. The van der Waals surface area contributed by atoms with E-state index in [4.69, 9.17) is 0 Å². The van der Waals surface area contributed by atoms with Gasteiger partial charge in [-0.2, -0.15) is 0 Å². The summed E-state index contributed by atoms with van der Waals surface area (Å²) >= 11 is 0. The van der Waals surface area contributed by atoms with Crippen molar-refractivity contribution in [1.29, 1.82) is 0 Å². The van der Waals surface area contributed by atoms with Gasteiger partial charge >= 0.3 is 0 Å². The van der Waals surface area contributed by atoms with E-state index >= 15 is 0 Å². The van der Waals surface area contributed by atoms with Crippen LogP contribution < -0.4 is 10.6 Å². The second-order valence-electron chi connectivity index (χ2n) is 3.23. The topological polar surface area (TPSA) is 44.4 Å². The van der Waals surface area contributed by atoms with E-state index in [1.54, 1.807) is 7.05 Å². The molecule has 1 fully saturated rings. The smallest absolute Gasteiger partial charge is 0.233 e. The largest absolute Gasteiger partial charge is 0.358 e. The molecule has 1 atom stereocenters. The number of carbonyl (C=O) groups excluding carboxylic acids is 1. The van der Waals surface area contributed by atoms with E-state index in [9.17, 15) is 4.79 Å². The summed E-state index contributed by atoms with van der Waals surface area (Å²) in [5, 5.41) is 5.89. The lowest BCUT2D eigenvalue weighted by molar-refractivity contribution is -0.121. The van der Waals surface area contributed by atoms with Gasteiger partial charge in [0.15, 0.2) is 0 Å². The molecule has 1 aliphatic heterocycles. The predicted octanol–water partition coefficient (Wildman–Crippen LogP) is -0.974. The van der Waals surface area contributed by atoms with E-state index in [1.807, 2.05) is 7.05 Å². The molecule has 2 N–H and O–H groups in total. The maximum absolute atomic E-state index is 11.0. The van der Waals surface area contributed by atoms with Crippen molar-refractivity contribution < 1.29 is 4.79 Å². The average molecular weight is 171 g/mol. The molecule has 1 aliphatic rings. The van der Waals surface area contributed by atoms with E-state index in [1.165, 1.54) is 0 Å². The first kappa shape index (κ1) is 9.48. The SMILES string of the molecule is CNC(=O)CN(C)[C@H]1CCNC1. The molecule has 0 aliphatic carbocycles. The minimum Gasteiger partial charge on any atom is -0.358 e. The Balaban J connectivity index is 2.26. The first-order chi connectivity index (χ1) is 5.74. The molecule has 0 unspecified atom stereocenters. The van der Waals surface area contributed by atoms with Gasteiger partial charge in [-0.15, -0.1) is 0 Å². The molecule has 0 aromatic heterocycles. The van der Waals surface area contributed by atoms with E-state index in [2.05, 4.69) is 15.5 Å². The standard InChI is InChI=1S/C8H17N3O/c1-9-8(12)6-11(2)7-3-4-10-5-7/h7,10H,3-6H2,1-2H3,(H,9,12)/t7-/m0/s1. The summed E-state index contributed by atoms with van der Waals surface area (Å²) in [6, 6.07) is 0.530. The van der Waals surface area contributed by atoms with Gasteiger partial charge < -0.3 is 10.6 Å². The van der Waals surface area contributed by atoms with E-state index < -0.39 is 0 Å². The lowest BCUT2D eigenvalue weighted by Gasteiger charge is -2.21. The van der Waals surface area contributed by atoms with Gasteiger partial charge in [-0.05, 0) is 20.0 Å². The molecule has 0 saturated carbocycles. The van der Waals surface area contributed by atoms with Crippen LogP contribution in [0.5, 0.6) is 0 Å². The van der Waals surface area contributed by atoms with Crippen LogP contribution in [0.1, 0.15) is 6.42 Å². The minimum absolute atomic E-state index is 0.0874. The van der Waals surface area contributed by atoms with Crippen LogP contribution in [0.2, 0.25) is 0 Å². The van der Waals surface area contributed by atoms with Crippen molar-refractivity contribution in [3.8, 4) is 0 Å². The summed E-state index contributed by atoms with van der Waals surface area (Å²) in [5.41, 5.74) is 0. The van der Waals surface area contributed by atoms with E-state index in [-0.39, 0.29) is 5.91 Å². The summed E-state index contributed by atoms with van der Waals surface area (Å²) < 4.78 is 0. The van der Waals surface area contributed by atoms with Crippen molar-refractivity contribution in [2.24, 2.45) is 0 Å². The maximum Gasteiger partial charge on any atom is 0.233 e. The zero-order valence-corrected chi connectivity index (χ0v) is 7.76. The summed E-state index contributed by atoms with van der Waals surface area (Å²) in [6.07, 6.45) is 1.15. The zero-order chi connectivity index (χ0) is 8.97. The zero-order valence-electron chi connectivity index (χ0n) is 7.76. The Morgan fingerprint density at radius 2 is 2.50 bits per heavy atom. The quantitative estimate of drug-likeness (QED) is 0.574. The fourth-order valence-corrected chi connectivity index (χ4v) is 1.45. The lowest BCUT2D eigenvalue weighted by Crippen LogP contribution is -2.40. The molecule has 0 radical (unpaired) electrons. The van der Waals surface area contributed by atoms with Gasteiger partial charge in [-0.1, -0.05) is 0 Å². The molecule has 1 saturated heterocycles. The van der Waals surface area contributed by atoms with Gasteiger partial charge in [0.25, 0.3) is 0 Å². The number of nitrogens with one attached hydrogen (secondary N) is 2. The van der Waals surface area contributed by atoms with Gasteiger partial charge in [0.2, 0.25) is 5.91 Å². The highest BCUT2D eigenvalue weighted by atomic mass is 16.1. The van der Waals surface area contributed by atoms with Crippen LogP contribution in [-0.4, -0.2) is 50.6 Å². The molecular formula is C8H17N3O. The van der Waals surface area contributed by atoms with Crippen molar-refractivity contribution in [1.82, 2.24) is 15.5 Å². The molecule has 0 bridgehead atoms. The number of likely N-dealkylation sites (N-methyl/N-ethyl adjacent to an activating group) is 2. The molecule has 70 valence electrons. The highest BCUT2D eigenvalue weighted by molar-refractivity contribution is 5.77. The Hall–Kier alpha value is -0.610. The lowest BCUT2D eigenvalue weighted by atomic mass is 10.2. The third-order valence-corrected chi connectivity index (χ3v) is 2.33. The second kappa shape index (κ2) is 4.42. The van der Waals surface area contributed by atoms with Gasteiger partial charge in [0.1, 0.15) is 0 Å². The highest BCUT2D eigenvalue weighted by Gasteiger charge is 2.20. The molecule has 4 heteroatoms. The number of hydrogen-bond donors (Lipinski definition) is 2. The van der Waals surface area contributed by atoms with Gasteiger partial charge in [0, 0.05) is 19.6 Å². The summed E-state index contributed by atoms with van der Waals surface area (Å²) in [7, 11) is 3.66. The predicted molar refractivity (Wildman–Crippen MR) is 48.0 cm³/mol. The molecule has 0 spiro atoms. The molecule has 0 aromatic carbocycles. The number of amides is 1.